The Morgan fingerprint density at radius 1 is 0.606 bits per heavy atom. The zero-order valence-corrected chi connectivity index (χ0v) is 22.7. The van der Waals surface area contributed by atoms with Crippen molar-refractivity contribution >= 4 is 23.9 Å². The average molecular weight is 556 g/mol. The molecule has 0 aliphatic carbocycles. The fourth-order valence-corrected chi connectivity index (χ4v) is 2.74. The molecule has 0 saturated heterocycles. The third kappa shape index (κ3) is 11.2. The zero-order chi connectivity index (χ0) is 26.0. The second kappa shape index (κ2) is 14.4. The van der Waals surface area contributed by atoms with E-state index in [0.29, 0.717) is 25.7 Å². The molecule has 0 N–H and O–H groups in total. The zero-order valence-electron chi connectivity index (χ0n) is 20.7. The fraction of sp³-hybridized carbons (Fsp3) is 0.818. The smallest absolute Gasteiger partial charge is 0.719 e. The Hall–Kier alpha value is -1.83. The summed E-state index contributed by atoms with van der Waals surface area (Å²) in [5.41, 5.74) is -2.91. The molecule has 0 aromatic carbocycles. The van der Waals surface area contributed by atoms with E-state index in [-0.39, 0.29) is 33.9 Å². The van der Waals surface area contributed by atoms with Gasteiger partial charge < -0.3 is 39.5 Å². The first-order chi connectivity index (χ1) is 14.3. The van der Waals surface area contributed by atoms with E-state index in [9.17, 15) is 40.5 Å². The summed E-state index contributed by atoms with van der Waals surface area (Å²) in [6.07, 6.45) is 1.72. The predicted octanol–water partition coefficient (Wildman–Crippen LogP) is -2.96. The summed E-state index contributed by atoms with van der Waals surface area (Å²) in [7, 11) is 0. The molecule has 190 valence electrons. The molecule has 11 heteroatoms. The van der Waals surface area contributed by atoms with Gasteiger partial charge in [-0.15, -0.1) is 0 Å². The number of rotatable bonds is 12. The van der Waals surface area contributed by atoms with Crippen molar-refractivity contribution in [3.05, 3.63) is 0 Å². The molecular formula is C22H36MoO10. The molecule has 0 aliphatic rings. The number of carbonyl (C=O) groups excluding carboxylic acids is 4. The maximum atomic E-state index is 11.3. The van der Waals surface area contributed by atoms with E-state index in [2.05, 4.69) is 9.15 Å². The van der Waals surface area contributed by atoms with Crippen LogP contribution in [0.5, 0.6) is 0 Å². The quantitative estimate of drug-likeness (QED) is 0.105. The maximum Gasteiger partial charge on any atom is 4.00 e. The minimum absolute atomic E-state index is 0. The van der Waals surface area contributed by atoms with E-state index in [1.165, 1.54) is 0 Å². The second-order valence-corrected chi connectivity index (χ2v) is 10.2. The summed E-state index contributed by atoms with van der Waals surface area (Å²) < 4.78 is 7.02. The molecule has 33 heavy (non-hydrogen) atoms. The molecule has 0 spiro atoms. The summed E-state index contributed by atoms with van der Waals surface area (Å²) in [5.74, 6) is -3.88. The van der Waals surface area contributed by atoms with Crippen molar-refractivity contribution in [3.8, 4) is 0 Å². The van der Waals surface area contributed by atoms with Crippen molar-refractivity contribution in [1.82, 2.24) is 0 Å². The van der Waals surface area contributed by atoms with Crippen molar-refractivity contribution in [2.75, 3.05) is 0 Å². The minimum atomic E-state index is -1.11. The minimum Gasteiger partial charge on any atom is -0.719 e. The Balaban J connectivity index is -0.000000529. The van der Waals surface area contributed by atoms with Gasteiger partial charge in [0.1, 0.15) is 0 Å². The Morgan fingerprint density at radius 2 is 0.848 bits per heavy atom. The van der Waals surface area contributed by atoms with Gasteiger partial charge in [0.05, 0.1) is 10.8 Å². The van der Waals surface area contributed by atoms with Crippen LogP contribution in [0, 0.1) is 21.7 Å². The third-order valence-electron chi connectivity index (χ3n) is 6.92. The molecule has 0 bridgehead atoms. The molecule has 0 amide bonds. The summed E-state index contributed by atoms with van der Waals surface area (Å²) in [6.45, 7) is 13.7. The molecule has 0 radical (unpaired) electrons. The van der Waals surface area contributed by atoms with Gasteiger partial charge in [-0.05, 0) is 77.0 Å². The van der Waals surface area contributed by atoms with Crippen LogP contribution < -0.4 is 30.9 Å². The number of carboxylic acid groups (broad SMARTS) is 4. The largest absolute Gasteiger partial charge is 4.00 e. The van der Waals surface area contributed by atoms with Gasteiger partial charge in [0.25, 0.3) is 0 Å². The molecule has 0 unspecified atom stereocenters. The van der Waals surface area contributed by atoms with Gasteiger partial charge in [-0.2, -0.15) is 0 Å². The molecule has 0 atom stereocenters. The van der Waals surface area contributed by atoms with Crippen LogP contribution in [0.2, 0.25) is 0 Å². The van der Waals surface area contributed by atoms with Crippen LogP contribution in [0.25, 0.3) is 0 Å². The molecule has 10 nitrogen and oxygen atoms in total. The van der Waals surface area contributed by atoms with Crippen molar-refractivity contribution in [3.63, 3.8) is 0 Å². The molecule has 0 aliphatic heterocycles. The SMILES string of the molecule is CC(C)(CCCC(=O)[O-])C(C)(C)C([O-])=[O+][O-].CC(C)(CCCC(=O)[O-])C(C)(C)C([O-])=[O+][O-].[Mo+4]. The first-order valence-corrected chi connectivity index (χ1v) is 10.4. The summed E-state index contributed by atoms with van der Waals surface area (Å²) >= 11 is 0. The first-order valence-electron chi connectivity index (χ1n) is 10.4. The average Bonchev–Trinajstić information content (AvgIpc) is 2.65. The van der Waals surface area contributed by atoms with E-state index < -0.39 is 45.5 Å². The predicted molar refractivity (Wildman–Crippen MR) is 103 cm³/mol. The van der Waals surface area contributed by atoms with Crippen LogP contribution >= 0.6 is 0 Å². The third-order valence-corrected chi connectivity index (χ3v) is 6.92. The van der Waals surface area contributed by atoms with Gasteiger partial charge >= 0.3 is 33.0 Å². The Kier molecular flexibility index (Phi) is 15.6. The monoisotopic (exact) mass is 558 g/mol. The van der Waals surface area contributed by atoms with Crippen LogP contribution in [0.15, 0.2) is 0 Å². The van der Waals surface area contributed by atoms with E-state index >= 15 is 0 Å². The van der Waals surface area contributed by atoms with Crippen LogP contribution in [0.4, 0.5) is 0 Å². The molecule has 0 fully saturated rings. The summed E-state index contributed by atoms with van der Waals surface area (Å²) in [6, 6.07) is 0. The molecule has 0 heterocycles. The van der Waals surface area contributed by atoms with Gasteiger partial charge in [-0.25, -0.2) is 0 Å². The fourth-order valence-electron chi connectivity index (χ4n) is 2.74. The van der Waals surface area contributed by atoms with Crippen LogP contribution in [0.3, 0.4) is 0 Å². The number of hydrogen-bond acceptors (Lipinski definition) is 8. The van der Waals surface area contributed by atoms with E-state index in [4.69, 9.17) is 0 Å². The number of carbonyl (C=O) groups is 2. The summed E-state index contributed by atoms with van der Waals surface area (Å²) in [5, 5.41) is 63.5. The Morgan fingerprint density at radius 3 is 1.03 bits per heavy atom. The van der Waals surface area contributed by atoms with Crippen molar-refractivity contribution in [2.24, 2.45) is 21.7 Å². The molecular weight excluding hydrogens is 520 g/mol. The number of aliphatic carboxylic acids is 4. The van der Waals surface area contributed by atoms with Crippen molar-refractivity contribution in [2.45, 2.75) is 93.9 Å². The second-order valence-electron chi connectivity index (χ2n) is 10.2. The van der Waals surface area contributed by atoms with E-state index in [0.717, 1.165) is 0 Å². The van der Waals surface area contributed by atoms with Gasteiger partial charge in [0.2, 0.25) is 0 Å². The van der Waals surface area contributed by atoms with Gasteiger partial charge in [-0.1, -0.05) is 27.7 Å². The van der Waals surface area contributed by atoms with Crippen LogP contribution in [-0.4, -0.2) is 23.9 Å². The molecule has 0 aromatic rings. The standard InChI is InChI=1S/2C11H20O5.Mo/c2*1-10(2,7-5-6-8(12)13)11(3,4)9(14)16-15;/h2*14H,5-7H2,1-4H3,(H,12,13);/q;;+4/p-4. The van der Waals surface area contributed by atoms with Crippen molar-refractivity contribution in [1.29, 1.82) is 0 Å². The maximum absolute atomic E-state index is 11.3. The first kappa shape index (κ1) is 35.8. The van der Waals surface area contributed by atoms with Gasteiger partial charge in [0, 0.05) is 11.9 Å². The number of carboxylic acids is 4. The summed E-state index contributed by atoms with van der Waals surface area (Å²) in [4.78, 5) is 20.5. The Bertz CT molecular complexity index is 621. The van der Waals surface area contributed by atoms with Gasteiger partial charge in [0.15, 0.2) is 0 Å². The van der Waals surface area contributed by atoms with E-state index in [1.54, 1.807) is 55.4 Å². The van der Waals surface area contributed by atoms with Crippen molar-refractivity contribution < 1.29 is 70.7 Å². The Labute approximate surface area is 210 Å². The van der Waals surface area contributed by atoms with E-state index in [1.807, 2.05) is 0 Å². The number of hydrogen-bond donors (Lipinski definition) is 0. The van der Waals surface area contributed by atoms with Crippen LogP contribution in [0.1, 0.15) is 93.9 Å². The normalized spacial score (nSPS) is 13.5. The molecule has 0 rings (SSSR count). The van der Waals surface area contributed by atoms with Gasteiger partial charge in [-0.3, -0.25) is 10.2 Å². The molecule has 0 aromatic heterocycles. The topological polar surface area (TPSA) is 195 Å². The molecule has 0 saturated carbocycles. The van der Waals surface area contributed by atoms with Crippen LogP contribution in [-0.2, 0) is 39.8 Å².